The SMILES string of the molecule is CCOCc1cc(C(=O)OCC(=O)c2ccc([C@@H](C)NC(C)=O)cc2)ccc1OC. The average Bonchev–Trinajstić information content (AvgIpc) is 2.75. The number of hydrogen-bond donors (Lipinski definition) is 1. The van der Waals surface area contributed by atoms with Gasteiger partial charge in [0.15, 0.2) is 12.4 Å². The first-order valence-electron chi connectivity index (χ1n) is 9.67. The van der Waals surface area contributed by atoms with Crippen LogP contribution in [-0.2, 0) is 20.9 Å². The van der Waals surface area contributed by atoms with Crippen LogP contribution in [0.2, 0.25) is 0 Å². The minimum absolute atomic E-state index is 0.127. The van der Waals surface area contributed by atoms with Gasteiger partial charge in [0.05, 0.1) is 25.3 Å². The summed E-state index contributed by atoms with van der Waals surface area (Å²) in [5.74, 6) is -0.424. The molecule has 0 unspecified atom stereocenters. The van der Waals surface area contributed by atoms with E-state index < -0.39 is 5.97 Å². The Morgan fingerprint density at radius 3 is 2.30 bits per heavy atom. The van der Waals surface area contributed by atoms with Crippen molar-refractivity contribution in [1.82, 2.24) is 5.32 Å². The van der Waals surface area contributed by atoms with E-state index in [-0.39, 0.29) is 24.3 Å². The Labute approximate surface area is 176 Å². The fourth-order valence-electron chi connectivity index (χ4n) is 2.87. The van der Waals surface area contributed by atoms with E-state index in [1.807, 2.05) is 13.8 Å². The third kappa shape index (κ3) is 6.42. The van der Waals surface area contributed by atoms with Crippen molar-refractivity contribution in [1.29, 1.82) is 0 Å². The van der Waals surface area contributed by atoms with Crippen LogP contribution in [0.3, 0.4) is 0 Å². The van der Waals surface area contributed by atoms with Crippen molar-refractivity contribution in [3.63, 3.8) is 0 Å². The van der Waals surface area contributed by atoms with E-state index in [9.17, 15) is 14.4 Å². The zero-order chi connectivity index (χ0) is 22.1. The standard InChI is InChI=1S/C23H27NO6/c1-5-29-13-20-12-19(10-11-22(20)28-4)23(27)30-14-21(26)18-8-6-17(7-9-18)15(2)24-16(3)25/h6-12,15H,5,13-14H2,1-4H3,(H,24,25)/t15-/m1/s1. The molecule has 7 heteroatoms. The molecule has 0 aromatic heterocycles. The molecule has 0 aliphatic carbocycles. The lowest BCUT2D eigenvalue weighted by Crippen LogP contribution is -2.23. The molecule has 0 bridgehead atoms. The third-order valence-electron chi connectivity index (χ3n) is 4.46. The van der Waals surface area contributed by atoms with Crippen LogP contribution in [0, 0.1) is 0 Å². The summed E-state index contributed by atoms with van der Waals surface area (Å²) in [5.41, 5.74) is 2.34. The molecule has 2 aromatic rings. The normalized spacial score (nSPS) is 11.5. The lowest BCUT2D eigenvalue weighted by Gasteiger charge is -2.13. The summed E-state index contributed by atoms with van der Waals surface area (Å²) in [5, 5.41) is 2.78. The van der Waals surface area contributed by atoms with Crippen LogP contribution in [0.1, 0.15) is 58.7 Å². The maximum Gasteiger partial charge on any atom is 0.338 e. The maximum atomic E-state index is 12.4. The van der Waals surface area contributed by atoms with E-state index in [0.717, 1.165) is 11.1 Å². The van der Waals surface area contributed by atoms with Gasteiger partial charge in [-0.05, 0) is 37.6 Å². The van der Waals surface area contributed by atoms with Gasteiger partial charge in [0, 0.05) is 24.7 Å². The van der Waals surface area contributed by atoms with E-state index in [1.165, 1.54) is 6.92 Å². The van der Waals surface area contributed by atoms with Crippen LogP contribution in [0.5, 0.6) is 5.75 Å². The molecule has 30 heavy (non-hydrogen) atoms. The highest BCUT2D eigenvalue weighted by Gasteiger charge is 2.15. The Morgan fingerprint density at radius 1 is 1.03 bits per heavy atom. The van der Waals surface area contributed by atoms with Crippen LogP contribution >= 0.6 is 0 Å². The van der Waals surface area contributed by atoms with Gasteiger partial charge in [-0.25, -0.2) is 4.79 Å². The topological polar surface area (TPSA) is 90.9 Å². The van der Waals surface area contributed by atoms with Crippen molar-refractivity contribution in [2.45, 2.75) is 33.4 Å². The second kappa shape index (κ2) is 11.1. The Morgan fingerprint density at radius 2 is 1.70 bits per heavy atom. The second-order valence-corrected chi connectivity index (χ2v) is 6.71. The molecule has 0 saturated carbocycles. The zero-order valence-corrected chi connectivity index (χ0v) is 17.7. The van der Waals surface area contributed by atoms with Gasteiger partial charge < -0.3 is 19.5 Å². The largest absolute Gasteiger partial charge is 0.496 e. The molecule has 2 rings (SSSR count). The van der Waals surface area contributed by atoms with Crippen molar-refractivity contribution in [3.05, 3.63) is 64.7 Å². The highest BCUT2D eigenvalue weighted by atomic mass is 16.5. The first kappa shape index (κ1) is 23.1. The zero-order valence-electron chi connectivity index (χ0n) is 17.7. The minimum atomic E-state index is -0.598. The van der Waals surface area contributed by atoms with E-state index in [4.69, 9.17) is 14.2 Å². The van der Waals surface area contributed by atoms with E-state index in [2.05, 4.69) is 5.32 Å². The molecule has 0 fully saturated rings. The van der Waals surface area contributed by atoms with Crippen molar-refractivity contribution in [3.8, 4) is 5.75 Å². The number of esters is 1. The summed E-state index contributed by atoms with van der Waals surface area (Å²) in [6.07, 6.45) is 0. The number of benzene rings is 2. The number of Topliss-reactive ketones (excluding diaryl/α,β-unsaturated/α-hetero) is 1. The number of carbonyl (C=O) groups is 3. The molecule has 1 amide bonds. The lowest BCUT2D eigenvalue weighted by molar-refractivity contribution is -0.119. The van der Waals surface area contributed by atoms with Gasteiger partial charge >= 0.3 is 5.97 Å². The first-order chi connectivity index (χ1) is 14.3. The summed E-state index contributed by atoms with van der Waals surface area (Å²) in [6.45, 7) is 5.66. The third-order valence-corrected chi connectivity index (χ3v) is 4.46. The van der Waals surface area contributed by atoms with Crippen LogP contribution < -0.4 is 10.1 Å². The molecule has 1 atom stereocenters. The first-order valence-corrected chi connectivity index (χ1v) is 9.67. The van der Waals surface area contributed by atoms with Crippen LogP contribution in [0.25, 0.3) is 0 Å². The summed E-state index contributed by atoms with van der Waals surface area (Å²) in [4.78, 5) is 35.9. The molecule has 0 radical (unpaired) electrons. The van der Waals surface area contributed by atoms with Crippen LogP contribution in [0.4, 0.5) is 0 Å². The number of amides is 1. The van der Waals surface area contributed by atoms with Gasteiger partial charge in [0.1, 0.15) is 5.75 Å². The number of methoxy groups -OCH3 is 1. The molecule has 0 heterocycles. The Bertz CT molecular complexity index is 891. The Kier molecular flexibility index (Phi) is 8.55. The number of ketones is 1. The minimum Gasteiger partial charge on any atom is -0.496 e. The molecule has 7 nitrogen and oxygen atoms in total. The monoisotopic (exact) mass is 413 g/mol. The van der Waals surface area contributed by atoms with Crippen molar-refractivity contribution in [2.24, 2.45) is 0 Å². The highest BCUT2D eigenvalue weighted by molar-refractivity contribution is 5.99. The van der Waals surface area contributed by atoms with Crippen LogP contribution in [-0.4, -0.2) is 38.0 Å². The summed E-state index contributed by atoms with van der Waals surface area (Å²) in [6, 6.07) is 11.6. The lowest BCUT2D eigenvalue weighted by atomic mass is 10.0. The fraction of sp³-hybridized carbons (Fsp3) is 0.348. The number of ether oxygens (including phenoxy) is 3. The molecule has 0 spiro atoms. The molecule has 0 aliphatic heterocycles. The Balaban J connectivity index is 1.98. The molecule has 0 saturated heterocycles. The van der Waals surface area contributed by atoms with Gasteiger partial charge in [0.2, 0.25) is 5.91 Å². The average molecular weight is 413 g/mol. The predicted octanol–water partition coefficient (Wildman–Crippen LogP) is 3.47. The number of nitrogens with one attached hydrogen (secondary N) is 1. The van der Waals surface area contributed by atoms with Gasteiger partial charge in [-0.15, -0.1) is 0 Å². The highest BCUT2D eigenvalue weighted by Crippen LogP contribution is 2.21. The maximum absolute atomic E-state index is 12.4. The van der Waals surface area contributed by atoms with Crippen molar-refractivity contribution in [2.75, 3.05) is 20.3 Å². The predicted molar refractivity (Wildman–Crippen MR) is 112 cm³/mol. The van der Waals surface area contributed by atoms with Gasteiger partial charge in [-0.3, -0.25) is 9.59 Å². The van der Waals surface area contributed by atoms with E-state index in [0.29, 0.717) is 30.1 Å². The summed E-state index contributed by atoms with van der Waals surface area (Å²) >= 11 is 0. The Hall–Kier alpha value is -3.19. The van der Waals surface area contributed by atoms with Crippen molar-refractivity contribution >= 4 is 17.7 Å². The number of rotatable bonds is 10. The van der Waals surface area contributed by atoms with Gasteiger partial charge in [-0.2, -0.15) is 0 Å². The molecular formula is C23H27NO6. The fourth-order valence-corrected chi connectivity index (χ4v) is 2.87. The molecule has 1 N–H and O–H groups in total. The van der Waals surface area contributed by atoms with Crippen LogP contribution in [0.15, 0.2) is 42.5 Å². The molecule has 160 valence electrons. The van der Waals surface area contributed by atoms with E-state index >= 15 is 0 Å². The quantitative estimate of drug-likeness (QED) is 0.474. The summed E-state index contributed by atoms with van der Waals surface area (Å²) in [7, 11) is 1.55. The van der Waals surface area contributed by atoms with Gasteiger partial charge in [0.25, 0.3) is 0 Å². The number of hydrogen-bond acceptors (Lipinski definition) is 6. The number of carbonyl (C=O) groups excluding carboxylic acids is 3. The molecular weight excluding hydrogens is 386 g/mol. The van der Waals surface area contributed by atoms with E-state index in [1.54, 1.807) is 49.6 Å². The van der Waals surface area contributed by atoms with Gasteiger partial charge in [-0.1, -0.05) is 24.3 Å². The molecule has 2 aromatic carbocycles. The smallest absolute Gasteiger partial charge is 0.338 e. The van der Waals surface area contributed by atoms with Crippen molar-refractivity contribution < 1.29 is 28.6 Å². The second-order valence-electron chi connectivity index (χ2n) is 6.71. The molecule has 0 aliphatic rings. The summed E-state index contributed by atoms with van der Waals surface area (Å²) < 4.78 is 15.8.